The molecule has 1 heterocycles. The molecule has 0 aliphatic heterocycles. The fourth-order valence-corrected chi connectivity index (χ4v) is 2.33. The molecule has 3 nitrogen and oxygen atoms in total. The molecule has 4 heteroatoms. The lowest BCUT2D eigenvalue weighted by Crippen LogP contribution is -2.10. The van der Waals surface area contributed by atoms with Crippen LogP contribution in [0.1, 0.15) is 20.8 Å². The molecule has 1 aromatic carbocycles. The lowest BCUT2D eigenvalue weighted by atomic mass is 10.1. The van der Waals surface area contributed by atoms with Gasteiger partial charge < -0.3 is 10.5 Å². The molecule has 1 aromatic heterocycles. The van der Waals surface area contributed by atoms with E-state index in [1.807, 2.05) is 36.6 Å². The second-order valence-corrected chi connectivity index (χ2v) is 5.03. The molecular formula is C14H15NO2S. The smallest absolute Gasteiger partial charge is 0.340 e. The molecule has 0 atom stereocenters. The van der Waals surface area contributed by atoms with E-state index in [9.17, 15) is 4.79 Å². The van der Waals surface area contributed by atoms with E-state index in [2.05, 4.69) is 0 Å². The van der Waals surface area contributed by atoms with E-state index in [1.54, 1.807) is 17.4 Å². The minimum atomic E-state index is -0.354. The largest absolute Gasteiger partial charge is 0.462 e. The molecule has 0 bridgehead atoms. The third-order valence-electron chi connectivity index (χ3n) is 2.71. The van der Waals surface area contributed by atoms with Crippen molar-refractivity contribution in [1.29, 1.82) is 0 Å². The van der Waals surface area contributed by atoms with Gasteiger partial charge in [-0.3, -0.25) is 0 Å². The molecular weight excluding hydrogens is 246 g/mol. The van der Waals surface area contributed by atoms with Crippen LogP contribution in [0.3, 0.4) is 0 Å². The Bertz CT molecular complexity index is 535. The van der Waals surface area contributed by atoms with Crippen LogP contribution in [0.25, 0.3) is 0 Å². The summed E-state index contributed by atoms with van der Waals surface area (Å²) in [6.07, 6.45) is 0.745. The Morgan fingerprint density at radius 1 is 1.33 bits per heavy atom. The van der Waals surface area contributed by atoms with Crippen molar-refractivity contribution in [3.05, 3.63) is 51.7 Å². The fourth-order valence-electron chi connectivity index (χ4n) is 1.64. The summed E-state index contributed by atoms with van der Waals surface area (Å²) in [5.41, 5.74) is 7.69. The van der Waals surface area contributed by atoms with Crippen molar-refractivity contribution in [3.8, 4) is 0 Å². The maximum absolute atomic E-state index is 11.8. The zero-order chi connectivity index (χ0) is 13.0. The van der Waals surface area contributed by atoms with Gasteiger partial charge in [0.2, 0.25) is 0 Å². The van der Waals surface area contributed by atoms with E-state index in [-0.39, 0.29) is 5.97 Å². The highest BCUT2D eigenvalue weighted by molar-refractivity contribution is 7.09. The number of ether oxygens (including phenoxy) is 1. The van der Waals surface area contributed by atoms with Crippen molar-refractivity contribution >= 4 is 23.0 Å². The van der Waals surface area contributed by atoms with Crippen LogP contribution < -0.4 is 5.73 Å². The van der Waals surface area contributed by atoms with Crippen LogP contribution in [-0.2, 0) is 11.2 Å². The summed E-state index contributed by atoms with van der Waals surface area (Å²) in [5.74, 6) is -0.354. The average molecular weight is 261 g/mol. The summed E-state index contributed by atoms with van der Waals surface area (Å²) in [5, 5.41) is 2.01. The maximum Gasteiger partial charge on any atom is 0.340 e. The van der Waals surface area contributed by atoms with E-state index in [4.69, 9.17) is 10.5 Å². The van der Waals surface area contributed by atoms with Crippen molar-refractivity contribution in [3.63, 3.8) is 0 Å². The zero-order valence-corrected chi connectivity index (χ0v) is 11.0. The highest BCUT2D eigenvalue weighted by Crippen LogP contribution is 2.17. The van der Waals surface area contributed by atoms with Crippen LogP contribution in [0.15, 0.2) is 35.7 Å². The second-order valence-electron chi connectivity index (χ2n) is 4.00. The van der Waals surface area contributed by atoms with Gasteiger partial charge in [0.15, 0.2) is 0 Å². The van der Waals surface area contributed by atoms with Gasteiger partial charge in [0.05, 0.1) is 12.2 Å². The molecule has 2 rings (SSSR count). The Balaban J connectivity index is 1.93. The monoisotopic (exact) mass is 261 g/mol. The molecule has 0 spiro atoms. The van der Waals surface area contributed by atoms with E-state index in [0.717, 1.165) is 12.0 Å². The molecule has 18 heavy (non-hydrogen) atoms. The molecule has 0 saturated carbocycles. The number of aryl methyl sites for hydroxylation is 1. The molecule has 0 aliphatic rings. The first kappa shape index (κ1) is 12.6. The summed E-state index contributed by atoms with van der Waals surface area (Å²) in [7, 11) is 0. The van der Waals surface area contributed by atoms with Gasteiger partial charge in [-0.25, -0.2) is 4.79 Å². The Morgan fingerprint density at radius 3 is 2.89 bits per heavy atom. The van der Waals surface area contributed by atoms with Gasteiger partial charge >= 0.3 is 5.97 Å². The number of thiophene rings is 1. The molecule has 0 unspecified atom stereocenters. The Morgan fingerprint density at radius 2 is 2.17 bits per heavy atom. The van der Waals surface area contributed by atoms with Gasteiger partial charge in [0.25, 0.3) is 0 Å². The SMILES string of the molecule is Cc1cccc(C(=O)OCCc2cccs2)c1N. The predicted octanol–water partition coefficient (Wildman–Crippen LogP) is 3.04. The molecule has 2 aromatic rings. The lowest BCUT2D eigenvalue weighted by Gasteiger charge is -2.08. The van der Waals surface area contributed by atoms with E-state index in [0.29, 0.717) is 17.9 Å². The van der Waals surface area contributed by atoms with Gasteiger partial charge in [-0.15, -0.1) is 11.3 Å². The number of nitrogens with two attached hydrogens (primary N) is 1. The van der Waals surface area contributed by atoms with Crippen LogP contribution in [-0.4, -0.2) is 12.6 Å². The van der Waals surface area contributed by atoms with Crippen LogP contribution >= 0.6 is 11.3 Å². The third-order valence-corrected chi connectivity index (χ3v) is 3.64. The molecule has 0 amide bonds. The number of anilines is 1. The number of carbonyl (C=O) groups excluding carboxylic acids is 1. The maximum atomic E-state index is 11.8. The average Bonchev–Trinajstić information content (AvgIpc) is 2.85. The Labute approximate surface area is 110 Å². The standard InChI is InChI=1S/C14H15NO2S/c1-10-4-2-6-12(13(10)15)14(16)17-8-7-11-5-3-9-18-11/h2-6,9H,7-8,15H2,1H3. The van der Waals surface area contributed by atoms with E-state index < -0.39 is 0 Å². The van der Waals surface area contributed by atoms with Gasteiger partial charge in [0.1, 0.15) is 0 Å². The molecule has 0 saturated heterocycles. The van der Waals surface area contributed by atoms with Gasteiger partial charge in [-0.05, 0) is 30.0 Å². The Hall–Kier alpha value is -1.81. The van der Waals surface area contributed by atoms with Crippen LogP contribution in [0.2, 0.25) is 0 Å². The molecule has 0 aliphatic carbocycles. The molecule has 2 N–H and O–H groups in total. The number of esters is 1. The van der Waals surface area contributed by atoms with Crippen molar-refractivity contribution < 1.29 is 9.53 Å². The quantitative estimate of drug-likeness (QED) is 0.680. The molecule has 0 fully saturated rings. The number of hydrogen-bond acceptors (Lipinski definition) is 4. The van der Waals surface area contributed by atoms with Crippen molar-refractivity contribution in [2.75, 3.05) is 12.3 Å². The normalized spacial score (nSPS) is 10.3. The van der Waals surface area contributed by atoms with Crippen molar-refractivity contribution in [2.24, 2.45) is 0 Å². The third kappa shape index (κ3) is 2.90. The summed E-state index contributed by atoms with van der Waals surface area (Å²) < 4.78 is 5.22. The van der Waals surface area contributed by atoms with Crippen molar-refractivity contribution in [2.45, 2.75) is 13.3 Å². The van der Waals surface area contributed by atoms with Crippen LogP contribution in [0.4, 0.5) is 5.69 Å². The Kier molecular flexibility index (Phi) is 3.99. The summed E-state index contributed by atoms with van der Waals surface area (Å²) >= 11 is 1.66. The summed E-state index contributed by atoms with van der Waals surface area (Å²) in [6, 6.07) is 9.38. The van der Waals surface area contributed by atoms with Gasteiger partial charge in [0, 0.05) is 17.0 Å². The fraction of sp³-hybridized carbons (Fsp3) is 0.214. The predicted molar refractivity (Wildman–Crippen MR) is 73.9 cm³/mol. The van der Waals surface area contributed by atoms with Crippen LogP contribution in [0.5, 0.6) is 0 Å². The number of para-hydroxylation sites is 1. The highest BCUT2D eigenvalue weighted by atomic mass is 32.1. The van der Waals surface area contributed by atoms with E-state index >= 15 is 0 Å². The lowest BCUT2D eigenvalue weighted by molar-refractivity contribution is 0.0511. The number of nitrogen functional groups attached to an aromatic ring is 1. The molecule has 94 valence electrons. The molecule has 0 radical (unpaired) electrons. The number of carbonyl (C=O) groups is 1. The highest BCUT2D eigenvalue weighted by Gasteiger charge is 2.12. The van der Waals surface area contributed by atoms with Crippen molar-refractivity contribution in [1.82, 2.24) is 0 Å². The minimum absolute atomic E-state index is 0.354. The minimum Gasteiger partial charge on any atom is -0.462 e. The topological polar surface area (TPSA) is 52.3 Å². The summed E-state index contributed by atoms with van der Waals surface area (Å²) in [4.78, 5) is 13.1. The summed E-state index contributed by atoms with van der Waals surface area (Å²) in [6.45, 7) is 2.25. The van der Waals surface area contributed by atoms with Gasteiger partial charge in [-0.2, -0.15) is 0 Å². The number of rotatable bonds is 4. The first-order valence-electron chi connectivity index (χ1n) is 5.73. The number of hydrogen-bond donors (Lipinski definition) is 1. The first-order valence-corrected chi connectivity index (χ1v) is 6.61. The zero-order valence-electron chi connectivity index (χ0n) is 10.2. The second kappa shape index (κ2) is 5.69. The first-order chi connectivity index (χ1) is 8.68. The van der Waals surface area contributed by atoms with Gasteiger partial charge in [-0.1, -0.05) is 18.2 Å². The van der Waals surface area contributed by atoms with Crippen LogP contribution in [0, 0.1) is 6.92 Å². The van der Waals surface area contributed by atoms with E-state index in [1.165, 1.54) is 4.88 Å². The number of benzene rings is 1.